The van der Waals surface area contributed by atoms with Gasteiger partial charge in [-0.2, -0.15) is 0 Å². The molecule has 1 unspecified atom stereocenters. The van der Waals surface area contributed by atoms with Gasteiger partial charge in [-0.1, -0.05) is 12.1 Å². The summed E-state index contributed by atoms with van der Waals surface area (Å²) in [7, 11) is 1.61. The van der Waals surface area contributed by atoms with Gasteiger partial charge in [-0.15, -0.1) is 0 Å². The minimum Gasteiger partial charge on any atom is -0.496 e. The van der Waals surface area contributed by atoms with Crippen molar-refractivity contribution in [1.82, 2.24) is 10.1 Å². The molecule has 0 radical (unpaired) electrons. The lowest BCUT2D eigenvalue weighted by atomic mass is 9.97. The molecule has 3 heterocycles. The molecule has 0 N–H and O–H groups in total. The van der Waals surface area contributed by atoms with E-state index in [1.54, 1.807) is 14.0 Å². The van der Waals surface area contributed by atoms with Gasteiger partial charge in [0.05, 0.1) is 24.1 Å². The summed E-state index contributed by atoms with van der Waals surface area (Å²) in [6.07, 6.45) is 1.38. The Morgan fingerprint density at radius 1 is 1.26 bits per heavy atom. The van der Waals surface area contributed by atoms with E-state index < -0.39 is 6.10 Å². The van der Waals surface area contributed by atoms with Crippen molar-refractivity contribution in [2.45, 2.75) is 59.1 Å². The largest absolute Gasteiger partial charge is 0.496 e. The molecule has 2 aromatic rings. The van der Waals surface area contributed by atoms with Crippen molar-refractivity contribution < 1.29 is 23.6 Å². The third-order valence-corrected chi connectivity index (χ3v) is 6.22. The zero-order chi connectivity index (χ0) is 22.3. The number of piperidine rings is 1. The summed E-state index contributed by atoms with van der Waals surface area (Å²) in [6.45, 7) is 8.70. The summed E-state index contributed by atoms with van der Waals surface area (Å²) in [5, 5.41) is 4.06. The molecule has 31 heavy (non-hydrogen) atoms. The Morgan fingerprint density at radius 3 is 2.55 bits per heavy atom. The van der Waals surface area contributed by atoms with Crippen molar-refractivity contribution in [3.63, 3.8) is 0 Å². The van der Waals surface area contributed by atoms with E-state index in [0.29, 0.717) is 42.5 Å². The molecule has 0 aliphatic carbocycles. The molecule has 1 fully saturated rings. The molecule has 0 saturated carbocycles. The Hall–Kier alpha value is -3.03. The minimum absolute atomic E-state index is 0.00752. The van der Waals surface area contributed by atoms with Crippen molar-refractivity contribution in [2.24, 2.45) is 0 Å². The molecule has 4 rings (SSSR count). The van der Waals surface area contributed by atoms with Crippen molar-refractivity contribution >= 4 is 17.5 Å². The summed E-state index contributed by atoms with van der Waals surface area (Å²) in [6, 6.07) is 3.78. The molecule has 2 amide bonds. The summed E-state index contributed by atoms with van der Waals surface area (Å²) in [5.41, 5.74) is 3.16. The third-order valence-electron chi connectivity index (χ3n) is 6.22. The number of nitrogens with zero attached hydrogens (tertiary/aromatic N) is 3. The summed E-state index contributed by atoms with van der Waals surface area (Å²) >= 11 is 0. The number of anilines is 1. The molecule has 1 aromatic heterocycles. The predicted octanol–water partition coefficient (Wildman–Crippen LogP) is 3.48. The highest BCUT2D eigenvalue weighted by atomic mass is 16.5. The van der Waals surface area contributed by atoms with E-state index in [-0.39, 0.29) is 17.9 Å². The number of benzene rings is 1. The number of fused-ring (bicyclic) bond motifs is 1. The molecule has 1 atom stereocenters. The van der Waals surface area contributed by atoms with Crippen LogP contribution in [0.2, 0.25) is 0 Å². The van der Waals surface area contributed by atoms with Crippen LogP contribution in [0.3, 0.4) is 0 Å². The highest BCUT2D eigenvalue weighted by molar-refractivity contribution is 6.01. The first kappa shape index (κ1) is 21.2. The van der Waals surface area contributed by atoms with E-state index in [4.69, 9.17) is 14.0 Å². The quantitative estimate of drug-likeness (QED) is 0.743. The first-order chi connectivity index (χ1) is 14.8. The summed E-state index contributed by atoms with van der Waals surface area (Å²) in [5.74, 6) is 2.05. The van der Waals surface area contributed by atoms with E-state index in [1.165, 1.54) is 0 Å². The molecule has 0 bridgehead atoms. The first-order valence-electron chi connectivity index (χ1n) is 10.8. The Labute approximate surface area is 182 Å². The van der Waals surface area contributed by atoms with Crippen LogP contribution in [0.25, 0.3) is 11.1 Å². The van der Waals surface area contributed by atoms with Gasteiger partial charge in [-0.3, -0.25) is 9.59 Å². The van der Waals surface area contributed by atoms with E-state index in [2.05, 4.69) is 5.16 Å². The maximum Gasteiger partial charge on any atom is 0.268 e. The first-order valence-corrected chi connectivity index (χ1v) is 10.8. The fourth-order valence-electron chi connectivity index (χ4n) is 4.59. The zero-order valence-corrected chi connectivity index (χ0v) is 18.7. The van der Waals surface area contributed by atoms with Crippen LogP contribution in [0.1, 0.15) is 44.6 Å². The second-order valence-electron chi connectivity index (χ2n) is 8.15. The van der Waals surface area contributed by atoms with Gasteiger partial charge in [0.1, 0.15) is 17.3 Å². The van der Waals surface area contributed by atoms with Crippen LogP contribution in [0.5, 0.6) is 11.5 Å². The molecule has 1 saturated heterocycles. The maximum absolute atomic E-state index is 13.1. The Balaban J connectivity index is 1.72. The van der Waals surface area contributed by atoms with Gasteiger partial charge < -0.3 is 23.8 Å². The summed E-state index contributed by atoms with van der Waals surface area (Å²) in [4.78, 5) is 28.9. The van der Waals surface area contributed by atoms with Crippen molar-refractivity contribution in [3.8, 4) is 22.6 Å². The lowest BCUT2D eigenvalue weighted by Crippen LogP contribution is -2.53. The SMILES string of the molecule is CCC(=O)N1CCC(N2C(=O)C(C)Oc3cc(-c4c(C)noc4C)c(OC)cc32)CC1. The number of amides is 2. The van der Waals surface area contributed by atoms with Crippen LogP contribution in [0.15, 0.2) is 16.7 Å². The standard InChI is InChI=1S/C23H29N3O5/c1-6-21(27)25-9-7-16(8-10-25)26-18-12-19(29-5)17(22-13(2)24-31-14(22)3)11-20(18)30-15(4)23(26)28/h11-12,15-16H,6-10H2,1-5H3. The van der Waals surface area contributed by atoms with Gasteiger partial charge in [-0.05, 0) is 39.7 Å². The van der Waals surface area contributed by atoms with Crippen LogP contribution in [0, 0.1) is 13.8 Å². The molecule has 1 aromatic carbocycles. The zero-order valence-electron chi connectivity index (χ0n) is 18.7. The van der Waals surface area contributed by atoms with Crippen LogP contribution < -0.4 is 14.4 Å². The number of hydrogen-bond acceptors (Lipinski definition) is 6. The molecular weight excluding hydrogens is 398 g/mol. The summed E-state index contributed by atoms with van der Waals surface area (Å²) < 4.78 is 17.0. The van der Waals surface area contributed by atoms with Crippen LogP contribution in [0.4, 0.5) is 5.69 Å². The van der Waals surface area contributed by atoms with E-state index in [9.17, 15) is 9.59 Å². The second-order valence-corrected chi connectivity index (χ2v) is 8.15. The number of rotatable bonds is 4. The van der Waals surface area contributed by atoms with Crippen molar-refractivity contribution in [3.05, 3.63) is 23.6 Å². The molecular formula is C23H29N3O5. The fraction of sp³-hybridized carbons (Fsp3) is 0.522. The van der Waals surface area contributed by atoms with Crippen molar-refractivity contribution in [2.75, 3.05) is 25.1 Å². The Morgan fingerprint density at radius 2 is 1.97 bits per heavy atom. The minimum atomic E-state index is -0.589. The average molecular weight is 428 g/mol. The van der Waals surface area contributed by atoms with Gasteiger partial charge >= 0.3 is 0 Å². The number of aromatic nitrogens is 1. The molecule has 166 valence electrons. The van der Waals surface area contributed by atoms with Crippen molar-refractivity contribution in [1.29, 1.82) is 0 Å². The maximum atomic E-state index is 13.1. The third kappa shape index (κ3) is 3.64. The number of likely N-dealkylation sites (tertiary alicyclic amines) is 1. The van der Waals surface area contributed by atoms with E-state index >= 15 is 0 Å². The second kappa shape index (κ2) is 8.24. The fourth-order valence-corrected chi connectivity index (χ4v) is 4.59. The van der Waals surface area contributed by atoms with Crippen LogP contribution in [-0.2, 0) is 9.59 Å². The smallest absolute Gasteiger partial charge is 0.268 e. The lowest BCUT2D eigenvalue weighted by molar-refractivity contribution is -0.132. The monoisotopic (exact) mass is 427 g/mol. The highest BCUT2D eigenvalue weighted by Gasteiger charge is 2.39. The Kier molecular flexibility index (Phi) is 5.64. The topological polar surface area (TPSA) is 85.1 Å². The van der Waals surface area contributed by atoms with Gasteiger partial charge in [0.25, 0.3) is 5.91 Å². The van der Waals surface area contributed by atoms with Gasteiger partial charge in [-0.25, -0.2) is 0 Å². The number of methoxy groups -OCH3 is 1. The lowest BCUT2D eigenvalue weighted by Gasteiger charge is -2.42. The van der Waals surface area contributed by atoms with Gasteiger partial charge in [0.2, 0.25) is 5.91 Å². The normalized spacial score (nSPS) is 19.3. The van der Waals surface area contributed by atoms with Gasteiger partial charge in [0.15, 0.2) is 6.10 Å². The number of carbonyl (C=O) groups excluding carboxylic acids is 2. The van der Waals surface area contributed by atoms with Gasteiger partial charge in [0, 0.05) is 37.2 Å². The highest BCUT2D eigenvalue weighted by Crippen LogP contribution is 2.46. The number of carbonyl (C=O) groups is 2. The molecule has 8 nitrogen and oxygen atoms in total. The molecule has 0 spiro atoms. The van der Waals surface area contributed by atoms with E-state index in [0.717, 1.165) is 29.7 Å². The van der Waals surface area contributed by atoms with Crippen LogP contribution in [-0.4, -0.2) is 54.2 Å². The average Bonchev–Trinajstić information content (AvgIpc) is 3.11. The van der Waals surface area contributed by atoms with E-state index in [1.807, 2.05) is 42.7 Å². The molecule has 2 aliphatic heterocycles. The Bertz CT molecular complexity index is 987. The molecule has 8 heteroatoms. The number of ether oxygens (including phenoxy) is 2. The predicted molar refractivity (Wildman–Crippen MR) is 115 cm³/mol. The van der Waals surface area contributed by atoms with Crippen LogP contribution >= 0.6 is 0 Å². The number of hydrogen-bond donors (Lipinski definition) is 0. The number of aryl methyl sites for hydroxylation is 2. The molecule has 2 aliphatic rings.